The van der Waals surface area contributed by atoms with Crippen LogP contribution in [0.5, 0.6) is 0 Å². The van der Waals surface area contributed by atoms with E-state index in [1.807, 2.05) is 0 Å². The molecule has 0 unspecified atom stereocenters. The molecule has 12 aromatic rings. The first kappa shape index (κ1) is 33.3. The second-order valence-electron chi connectivity index (χ2n) is 15.2. The number of hydrogen-bond acceptors (Lipinski definition) is 2. The van der Waals surface area contributed by atoms with Crippen LogP contribution >= 0.6 is 0 Å². The summed E-state index contributed by atoms with van der Waals surface area (Å²) in [6.45, 7) is 0. The molecule has 12 rings (SSSR count). The third-order valence-electron chi connectivity index (χ3n) is 11.9. The van der Waals surface area contributed by atoms with E-state index >= 15 is 0 Å². The minimum absolute atomic E-state index is 0.865. The molecule has 0 N–H and O–H groups in total. The van der Waals surface area contributed by atoms with E-state index in [-0.39, 0.29) is 0 Å². The van der Waals surface area contributed by atoms with Gasteiger partial charge in [0.25, 0.3) is 0 Å². The molecule has 0 fully saturated rings. The normalized spacial score (nSPS) is 11.7. The zero-order chi connectivity index (χ0) is 38.9. The highest BCUT2D eigenvalue weighted by molar-refractivity contribution is 6.29. The molecule has 2 heterocycles. The zero-order valence-electron chi connectivity index (χ0n) is 32.1. The van der Waals surface area contributed by atoms with Crippen molar-refractivity contribution in [2.75, 3.05) is 4.90 Å². The minimum Gasteiger partial charge on any atom is -0.456 e. The van der Waals surface area contributed by atoms with Crippen LogP contribution in [-0.4, -0.2) is 4.57 Å². The molecule has 0 amide bonds. The Balaban J connectivity index is 1.27. The maximum absolute atomic E-state index is 6.81. The Hall–Kier alpha value is -7.88. The molecule has 59 heavy (non-hydrogen) atoms. The number of rotatable bonds is 6. The summed E-state index contributed by atoms with van der Waals surface area (Å²) in [6, 6.07) is 78.6. The molecule has 0 atom stereocenters. The molecular weight excluding hydrogens is 717 g/mol. The highest BCUT2D eigenvalue weighted by Gasteiger charge is 2.27. The fraction of sp³-hybridized carbons (Fsp3) is 0. The third kappa shape index (κ3) is 5.22. The summed E-state index contributed by atoms with van der Waals surface area (Å²) in [5.74, 6) is 0. The summed E-state index contributed by atoms with van der Waals surface area (Å²) >= 11 is 0. The van der Waals surface area contributed by atoms with Crippen LogP contribution in [0.25, 0.3) is 93.2 Å². The molecule has 10 aromatic carbocycles. The van der Waals surface area contributed by atoms with E-state index in [2.05, 4.69) is 228 Å². The fourth-order valence-electron chi connectivity index (χ4n) is 9.39. The Morgan fingerprint density at radius 3 is 1.71 bits per heavy atom. The van der Waals surface area contributed by atoms with E-state index < -0.39 is 0 Å². The van der Waals surface area contributed by atoms with E-state index in [0.29, 0.717) is 0 Å². The Labute approximate surface area is 341 Å². The van der Waals surface area contributed by atoms with Gasteiger partial charge in [0.1, 0.15) is 11.2 Å². The number of nitrogens with zero attached hydrogens (tertiary/aromatic N) is 2. The van der Waals surface area contributed by atoms with Crippen LogP contribution in [0.15, 0.2) is 223 Å². The second kappa shape index (κ2) is 13.4. The molecule has 3 heteroatoms. The predicted molar refractivity (Wildman–Crippen MR) is 249 cm³/mol. The van der Waals surface area contributed by atoms with Gasteiger partial charge in [0.2, 0.25) is 0 Å². The number of furan rings is 1. The molecule has 3 nitrogen and oxygen atoms in total. The number of hydrogen-bond donors (Lipinski definition) is 0. The standard InChI is InChI=1S/C56H36N2O/c1-4-17-37(18-5-1)38-31-33-42(34-32-38)57(41-22-8-3-9-23-41)48-29-16-28-47-54-50(36-52-55(46-27-14-15-30-51(46)59-52)53(54)39-19-6-2-7-20-39)58(56(47)48)49-35-40-21-10-11-24-43(40)44-25-12-13-26-45(44)49/h1-36H. The van der Waals surface area contributed by atoms with Crippen molar-refractivity contribution in [1.82, 2.24) is 4.57 Å². The summed E-state index contributed by atoms with van der Waals surface area (Å²) in [4.78, 5) is 2.41. The molecular formula is C56H36N2O. The van der Waals surface area contributed by atoms with Crippen LogP contribution in [-0.2, 0) is 0 Å². The maximum atomic E-state index is 6.81. The lowest BCUT2D eigenvalue weighted by atomic mass is 9.94. The van der Waals surface area contributed by atoms with Crippen molar-refractivity contribution in [1.29, 1.82) is 0 Å². The van der Waals surface area contributed by atoms with E-state index in [4.69, 9.17) is 4.42 Å². The molecule has 0 bridgehead atoms. The van der Waals surface area contributed by atoms with Crippen LogP contribution < -0.4 is 4.90 Å². The van der Waals surface area contributed by atoms with Crippen molar-refractivity contribution in [2.45, 2.75) is 0 Å². The van der Waals surface area contributed by atoms with Crippen molar-refractivity contribution in [3.63, 3.8) is 0 Å². The van der Waals surface area contributed by atoms with Gasteiger partial charge in [-0.2, -0.15) is 0 Å². The van der Waals surface area contributed by atoms with Gasteiger partial charge in [-0.3, -0.25) is 0 Å². The summed E-state index contributed by atoms with van der Waals surface area (Å²) in [7, 11) is 0. The SMILES string of the molecule is c1ccc(-c2ccc(N(c3ccccc3)c3cccc4c5c(-c6ccccc6)c6c(cc5n(-c5cc7ccccc7c7ccccc57)c34)oc3ccccc36)cc2)cc1. The van der Waals surface area contributed by atoms with E-state index in [1.54, 1.807) is 0 Å². The van der Waals surface area contributed by atoms with Crippen LogP contribution in [0.4, 0.5) is 17.1 Å². The summed E-state index contributed by atoms with van der Waals surface area (Å²) in [5, 5.41) is 9.44. The smallest absolute Gasteiger partial charge is 0.138 e. The third-order valence-corrected chi connectivity index (χ3v) is 11.9. The molecule has 0 saturated heterocycles. The summed E-state index contributed by atoms with van der Waals surface area (Å²) in [5.41, 5.74) is 13.0. The first-order valence-electron chi connectivity index (χ1n) is 20.2. The van der Waals surface area contributed by atoms with Gasteiger partial charge in [-0.25, -0.2) is 0 Å². The Morgan fingerprint density at radius 1 is 0.373 bits per heavy atom. The second-order valence-corrected chi connectivity index (χ2v) is 15.2. The molecule has 0 aliphatic rings. The number of para-hydroxylation sites is 3. The van der Waals surface area contributed by atoms with E-state index in [1.165, 1.54) is 49.0 Å². The van der Waals surface area contributed by atoms with Crippen molar-refractivity contribution in [3.8, 4) is 27.9 Å². The first-order valence-corrected chi connectivity index (χ1v) is 20.2. The van der Waals surface area contributed by atoms with Gasteiger partial charge >= 0.3 is 0 Å². The van der Waals surface area contributed by atoms with Gasteiger partial charge in [-0.05, 0) is 75.3 Å². The molecule has 276 valence electrons. The Morgan fingerprint density at radius 2 is 0.949 bits per heavy atom. The maximum Gasteiger partial charge on any atom is 0.138 e. The van der Waals surface area contributed by atoms with Crippen molar-refractivity contribution in [2.24, 2.45) is 0 Å². The number of benzene rings is 10. The predicted octanol–water partition coefficient (Wildman–Crippen LogP) is 15.8. The lowest BCUT2D eigenvalue weighted by molar-refractivity contribution is 0.669. The lowest BCUT2D eigenvalue weighted by Crippen LogP contribution is -2.11. The molecule has 0 aliphatic heterocycles. The highest BCUT2D eigenvalue weighted by atomic mass is 16.3. The van der Waals surface area contributed by atoms with E-state index in [0.717, 1.165) is 61.3 Å². The highest BCUT2D eigenvalue weighted by Crippen LogP contribution is 2.50. The monoisotopic (exact) mass is 752 g/mol. The quantitative estimate of drug-likeness (QED) is 0.158. The van der Waals surface area contributed by atoms with Gasteiger partial charge in [0, 0.05) is 49.9 Å². The van der Waals surface area contributed by atoms with Gasteiger partial charge in [-0.15, -0.1) is 0 Å². The average Bonchev–Trinajstić information content (AvgIpc) is 3.85. The van der Waals surface area contributed by atoms with Crippen LogP contribution in [0.1, 0.15) is 0 Å². The average molecular weight is 753 g/mol. The van der Waals surface area contributed by atoms with Gasteiger partial charge in [0.15, 0.2) is 0 Å². The van der Waals surface area contributed by atoms with Gasteiger partial charge in [0.05, 0.1) is 22.4 Å². The van der Waals surface area contributed by atoms with Crippen LogP contribution in [0, 0.1) is 0 Å². The fourth-order valence-corrected chi connectivity index (χ4v) is 9.39. The zero-order valence-corrected chi connectivity index (χ0v) is 32.1. The topological polar surface area (TPSA) is 21.3 Å². The van der Waals surface area contributed by atoms with Crippen molar-refractivity contribution in [3.05, 3.63) is 218 Å². The first-order chi connectivity index (χ1) is 29.3. The molecule has 0 saturated carbocycles. The number of fused-ring (bicyclic) bond motifs is 9. The summed E-state index contributed by atoms with van der Waals surface area (Å²) in [6.07, 6.45) is 0. The molecule has 0 spiro atoms. The molecule has 2 aromatic heterocycles. The number of anilines is 3. The molecule has 0 radical (unpaired) electrons. The molecule has 0 aliphatic carbocycles. The van der Waals surface area contributed by atoms with Crippen LogP contribution in [0.2, 0.25) is 0 Å². The van der Waals surface area contributed by atoms with Crippen LogP contribution in [0.3, 0.4) is 0 Å². The Kier molecular flexibility index (Phi) is 7.54. The minimum atomic E-state index is 0.865. The van der Waals surface area contributed by atoms with E-state index in [9.17, 15) is 0 Å². The van der Waals surface area contributed by atoms with Crippen molar-refractivity contribution >= 4 is 82.4 Å². The Bertz CT molecular complexity index is 3530. The van der Waals surface area contributed by atoms with Gasteiger partial charge < -0.3 is 13.9 Å². The summed E-state index contributed by atoms with van der Waals surface area (Å²) < 4.78 is 9.32. The lowest BCUT2D eigenvalue weighted by Gasteiger charge is -2.27. The van der Waals surface area contributed by atoms with Crippen molar-refractivity contribution < 1.29 is 4.42 Å². The number of aromatic nitrogens is 1. The largest absolute Gasteiger partial charge is 0.456 e. The van der Waals surface area contributed by atoms with Gasteiger partial charge in [-0.1, -0.05) is 170 Å².